The second-order valence-electron chi connectivity index (χ2n) is 4.21. The summed E-state index contributed by atoms with van der Waals surface area (Å²) in [5.41, 5.74) is 1.45. The summed E-state index contributed by atoms with van der Waals surface area (Å²) in [5, 5.41) is 8.72. The number of aliphatic carboxylic acids is 1. The van der Waals surface area contributed by atoms with Crippen molar-refractivity contribution in [2.45, 2.75) is 32.7 Å². The number of hydrogen-bond donors (Lipinski definition) is 1. The molecule has 1 aromatic carbocycles. The Morgan fingerprint density at radius 3 is 2.94 bits per heavy atom. The summed E-state index contributed by atoms with van der Waals surface area (Å²) in [6.07, 6.45) is 1.29. The quantitative estimate of drug-likeness (QED) is 0.887. The van der Waals surface area contributed by atoms with E-state index in [-0.39, 0.29) is 12.2 Å². The highest BCUT2D eigenvalue weighted by molar-refractivity contribution is 5.76. The Labute approximate surface area is 104 Å². The van der Waals surface area contributed by atoms with E-state index in [0.717, 1.165) is 18.5 Å². The van der Waals surface area contributed by atoms with Gasteiger partial charge in [0.15, 0.2) is 0 Å². The van der Waals surface area contributed by atoms with Crippen molar-refractivity contribution in [2.75, 3.05) is 0 Å². The first kappa shape index (κ1) is 12.5. The lowest BCUT2D eigenvalue weighted by Gasteiger charge is -2.06. The Kier molecular flexibility index (Phi) is 3.60. The highest BCUT2D eigenvalue weighted by Gasteiger charge is 2.12. The molecule has 0 bridgehead atoms. The van der Waals surface area contributed by atoms with Gasteiger partial charge in [0.05, 0.1) is 17.5 Å². The van der Waals surface area contributed by atoms with E-state index in [2.05, 4.69) is 4.98 Å². The van der Waals surface area contributed by atoms with Crippen LogP contribution in [0, 0.1) is 5.82 Å². The molecule has 1 heterocycles. The summed E-state index contributed by atoms with van der Waals surface area (Å²) in [6, 6.07) is 4.44. The van der Waals surface area contributed by atoms with Crippen molar-refractivity contribution in [1.82, 2.24) is 9.55 Å². The summed E-state index contributed by atoms with van der Waals surface area (Å²) in [7, 11) is 0. The molecule has 1 aromatic heterocycles. The van der Waals surface area contributed by atoms with Crippen molar-refractivity contribution in [3.8, 4) is 0 Å². The number of fused-ring (bicyclic) bond motifs is 1. The maximum atomic E-state index is 13.2. The van der Waals surface area contributed by atoms with E-state index >= 15 is 0 Å². The standard InChI is InChI=1S/C13H15FN2O2/c1-2-7-16-11-8-9(14)3-4-10(11)15-12(16)5-6-13(17)18/h3-4,8H,2,5-7H2,1H3,(H,17,18). The minimum atomic E-state index is -0.851. The Balaban J connectivity index is 2.44. The maximum Gasteiger partial charge on any atom is 0.303 e. The average Bonchev–Trinajstić information content (AvgIpc) is 2.65. The third-order valence-electron chi connectivity index (χ3n) is 2.80. The first-order valence-corrected chi connectivity index (χ1v) is 5.98. The molecule has 0 aliphatic rings. The van der Waals surface area contributed by atoms with E-state index in [9.17, 15) is 9.18 Å². The fourth-order valence-electron chi connectivity index (χ4n) is 2.03. The second kappa shape index (κ2) is 5.16. The molecule has 0 unspecified atom stereocenters. The number of benzene rings is 1. The summed E-state index contributed by atoms with van der Waals surface area (Å²) in [6.45, 7) is 2.74. The zero-order chi connectivity index (χ0) is 13.1. The molecule has 2 rings (SSSR count). The molecule has 0 saturated heterocycles. The van der Waals surface area contributed by atoms with E-state index in [4.69, 9.17) is 5.11 Å². The van der Waals surface area contributed by atoms with Crippen LogP contribution in [0.1, 0.15) is 25.6 Å². The molecular weight excluding hydrogens is 235 g/mol. The Bertz CT molecular complexity index is 578. The zero-order valence-corrected chi connectivity index (χ0v) is 10.2. The Hall–Kier alpha value is -1.91. The van der Waals surface area contributed by atoms with Gasteiger partial charge in [-0.15, -0.1) is 0 Å². The van der Waals surface area contributed by atoms with E-state index < -0.39 is 5.97 Å². The Morgan fingerprint density at radius 2 is 2.28 bits per heavy atom. The zero-order valence-electron chi connectivity index (χ0n) is 10.2. The number of nitrogens with zero attached hydrogens (tertiary/aromatic N) is 2. The van der Waals surface area contributed by atoms with Crippen molar-refractivity contribution < 1.29 is 14.3 Å². The third kappa shape index (κ3) is 2.50. The van der Waals surface area contributed by atoms with E-state index in [0.29, 0.717) is 17.8 Å². The minimum Gasteiger partial charge on any atom is -0.481 e. The van der Waals surface area contributed by atoms with Gasteiger partial charge in [-0.05, 0) is 24.6 Å². The molecule has 0 saturated carbocycles. The van der Waals surface area contributed by atoms with Crippen LogP contribution in [0.25, 0.3) is 11.0 Å². The van der Waals surface area contributed by atoms with Gasteiger partial charge in [0.1, 0.15) is 11.6 Å². The van der Waals surface area contributed by atoms with Gasteiger partial charge in [-0.3, -0.25) is 4.79 Å². The average molecular weight is 250 g/mol. The molecule has 0 aliphatic carbocycles. The fourth-order valence-corrected chi connectivity index (χ4v) is 2.03. The molecule has 0 aliphatic heterocycles. The van der Waals surface area contributed by atoms with Crippen LogP contribution in [-0.4, -0.2) is 20.6 Å². The SMILES string of the molecule is CCCn1c(CCC(=O)O)nc2ccc(F)cc21. The van der Waals surface area contributed by atoms with Gasteiger partial charge in [0.2, 0.25) is 0 Å². The largest absolute Gasteiger partial charge is 0.481 e. The number of carboxylic acid groups (broad SMARTS) is 1. The lowest BCUT2D eigenvalue weighted by Crippen LogP contribution is -2.06. The number of aromatic nitrogens is 2. The number of carbonyl (C=O) groups is 1. The summed E-state index contributed by atoms with van der Waals surface area (Å²) in [5.74, 6) is -0.444. The Morgan fingerprint density at radius 1 is 1.50 bits per heavy atom. The number of hydrogen-bond acceptors (Lipinski definition) is 2. The number of carboxylic acids is 1. The molecule has 5 heteroatoms. The van der Waals surface area contributed by atoms with Crippen LogP contribution >= 0.6 is 0 Å². The first-order valence-electron chi connectivity index (χ1n) is 5.98. The van der Waals surface area contributed by atoms with Crippen LogP contribution in [0.5, 0.6) is 0 Å². The molecule has 18 heavy (non-hydrogen) atoms. The molecule has 96 valence electrons. The van der Waals surface area contributed by atoms with E-state index in [1.165, 1.54) is 12.1 Å². The highest BCUT2D eigenvalue weighted by Crippen LogP contribution is 2.19. The van der Waals surface area contributed by atoms with Crippen LogP contribution < -0.4 is 0 Å². The summed E-state index contributed by atoms with van der Waals surface area (Å²) < 4.78 is 15.1. The predicted octanol–water partition coefficient (Wildman–Crippen LogP) is 2.60. The molecule has 0 spiro atoms. The van der Waals surface area contributed by atoms with Crippen LogP contribution in [0.15, 0.2) is 18.2 Å². The number of rotatable bonds is 5. The van der Waals surface area contributed by atoms with Crippen molar-refractivity contribution in [1.29, 1.82) is 0 Å². The summed E-state index contributed by atoms with van der Waals surface area (Å²) in [4.78, 5) is 15.0. The van der Waals surface area contributed by atoms with Crippen LogP contribution in [0.2, 0.25) is 0 Å². The van der Waals surface area contributed by atoms with Gasteiger partial charge in [-0.1, -0.05) is 6.92 Å². The second-order valence-corrected chi connectivity index (χ2v) is 4.21. The van der Waals surface area contributed by atoms with Crippen molar-refractivity contribution in [3.63, 3.8) is 0 Å². The molecule has 4 nitrogen and oxygen atoms in total. The smallest absolute Gasteiger partial charge is 0.303 e. The molecule has 0 fully saturated rings. The monoisotopic (exact) mass is 250 g/mol. The minimum absolute atomic E-state index is 0.0372. The van der Waals surface area contributed by atoms with Crippen LogP contribution in [0.4, 0.5) is 4.39 Å². The number of aryl methyl sites for hydroxylation is 2. The molecule has 1 N–H and O–H groups in total. The van der Waals surface area contributed by atoms with Gasteiger partial charge in [-0.2, -0.15) is 0 Å². The highest BCUT2D eigenvalue weighted by atomic mass is 19.1. The normalized spacial score (nSPS) is 11.0. The van der Waals surface area contributed by atoms with E-state index in [1.54, 1.807) is 6.07 Å². The molecule has 0 amide bonds. The van der Waals surface area contributed by atoms with Gasteiger partial charge in [-0.25, -0.2) is 9.37 Å². The third-order valence-corrected chi connectivity index (χ3v) is 2.80. The topological polar surface area (TPSA) is 55.1 Å². The van der Waals surface area contributed by atoms with Gasteiger partial charge in [0, 0.05) is 13.0 Å². The van der Waals surface area contributed by atoms with Gasteiger partial charge < -0.3 is 9.67 Å². The summed E-state index contributed by atoms with van der Waals surface area (Å²) >= 11 is 0. The van der Waals surface area contributed by atoms with E-state index in [1.807, 2.05) is 11.5 Å². The van der Waals surface area contributed by atoms with Crippen molar-refractivity contribution in [3.05, 3.63) is 29.8 Å². The maximum absolute atomic E-state index is 13.2. The lowest BCUT2D eigenvalue weighted by atomic mass is 10.3. The van der Waals surface area contributed by atoms with Gasteiger partial charge in [0.25, 0.3) is 0 Å². The van der Waals surface area contributed by atoms with Gasteiger partial charge >= 0.3 is 5.97 Å². The first-order chi connectivity index (χ1) is 8.61. The predicted molar refractivity (Wildman–Crippen MR) is 65.9 cm³/mol. The molecule has 0 atom stereocenters. The van der Waals surface area contributed by atoms with Crippen molar-refractivity contribution >= 4 is 17.0 Å². The number of imidazole rings is 1. The van der Waals surface area contributed by atoms with Crippen LogP contribution in [0.3, 0.4) is 0 Å². The van der Waals surface area contributed by atoms with Crippen LogP contribution in [-0.2, 0) is 17.8 Å². The molecule has 2 aromatic rings. The lowest BCUT2D eigenvalue weighted by molar-refractivity contribution is -0.137. The molecule has 0 radical (unpaired) electrons. The number of halogens is 1. The molecular formula is C13H15FN2O2. The fraction of sp³-hybridized carbons (Fsp3) is 0.385. The van der Waals surface area contributed by atoms with Crippen molar-refractivity contribution in [2.24, 2.45) is 0 Å².